The van der Waals surface area contributed by atoms with Gasteiger partial charge in [-0.3, -0.25) is 4.79 Å². The molecule has 1 rings (SSSR count). The number of H-pyrrole nitrogens is 1. The Bertz CT molecular complexity index is 247. The first-order valence-corrected chi connectivity index (χ1v) is 3.88. The van der Waals surface area contributed by atoms with Crippen LogP contribution in [0.5, 0.6) is 5.88 Å². The Morgan fingerprint density at radius 1 is 1.69 bits per heavy atom. The van der Waals surface area contributed by atoms with E-state index in [9.17, 15) is 4.79 Å². The van der Waals surface area contributed by atoms with E-state index in [1.165, 1.54) is 13.3 Å². The Hall–Kier alpha value is -1.59. The van der Waals surface area contributed by atoms with E-state index in [1.807, 2.05) is 0 Å². The third-order valence-corrected chi connectivity index (χ3v) is 1.40. The van der Waals surface area contributed by atoms with E-state index >= 15 is 0 Å². The molecule has 0 amide bonds. The normalized spacial score (nSPS) is 9.62. The summed E-state index contributed by atoms with van der Waals surface area (Å²) in [6.45, 7) is 0.432. The summed E-state index contributed by atoms with van der Waals surface area (Å²) in [5.74, 6) is 0.202. The quantitative estimate of drug-likeness (QED) is 0.521. The first-order chi connectivity index (χ1) is 6.33. The molecule has 6 nitrogen and oxygen atoms in total. The van der Waals surface area contributed by atoms with E-state index in [0.29, 0.717) is 25.3 Å². The highest BCUT2D eigenvalue weighted by Crippen LogP contribution is 2.01. The first kappa shape index (κ1) is 9.50. The number of aromatic amines is 1. The maximum atomic E-state index is 10.7. The third-order valence-electron chi connectivity index (χ3n) is 1.40. The van der Waals surface area contributed by atoms with Crippen molar-refractivity contribution in [2.45, 2.75) is 12.8 Å². The molecule has 0 saturated carbocycles. The van der Waals surface area contributed by atoms with Gasteiger partial charge in [0, 0.05) is 6.42 Å². The zero-order chi connectivity index (χ0) is 9.52. The van der Waals surface area contributed by atoms with Crippen molar-refractivity contribution in [1.82, 2.24) is 15.4 Å². The van der Waals surface area contributed by atoms with Crippen LogP contribution in [0.1, 0.15) is 12.8 Å². The molecule has 1 heterocycles. The lowest BCUT2D eigenvalue weighted by Crippen LogP contribution is -2.04. The smallest absolute Gasteiger partial charge is 0.305 e. The molecule has 6 heteroatoms. The van der Waals surface area contributed by atoms with Crippen molar-refractivity contribution in [2.75, 3.05) is 13.7 Å². The van der Waals surface area contributed by atoms with Gasteiger partial charge in [0.05, 0.1) is 13.7 Å². The molecule has 0 radical (unpaired) electrons. The second-order valence-electron chi connectivity index (χ2n) is 2.34. The van der Waals surface area contributed by atoms with Crippen LogP contribution in [-0.2, 0) is 9.53 Å². The number of nitrogens with one attached hydrogen (secondary N) is 1. The number of esters is 1. The summed E-state index contributed by atoms with van der Waals surface area (Å²) in [6, 6.07) is 0. The molecule has 0 unspecified atom stereocenters. The highest BCUT2D eigenvalue weighted by molar-refractivity contribution is 5.68. The van der Waals surface area contributed by atoms with Crippen molar-refractivity contribution in [3.8, 4) is 5.88 Å². The number of ether oxygens (including phenoxy) is 2. The summed E-state index contributed by atoms with van der Waals surface area (Å²) in [5, 5.41) is 9.65. The number of nitrogens with zero attached hydrogens (tertiary/aromatic N) is 2. The van der Waals surface area contributed by atoms with Crippen LogP contribution in [0.4, 0.5) is 0 Å². The van der Waals surface area contributed by atoms with Crippen LogP contribution >= 0.6 is 0 Å². The molecule has 0 bridgehead atoms. The molecule has 0 saturated heterocycles. The van der Waals surface area contributed by atoms with Crippen LogP contribution in [0, 0.1) is 0 Å². The van der Waals surface area contributed by atoms with Gasteiger partial charge in [0.25, 0.3) is 5.88 Å². The fraction of sp³-hybridized carbons (Fsp3) is 0.571. The van der Waals surface area contributed by atoms with Crippen LogP contribution in [0.2, 0.25) is 0 Å². The predicted molar refractivity (Wildman–Crippen MR) is 43.1 cm³/mol. The predicted octanol–water partition coefficient (Wildman–Crippen LogP) is 0.137. The molecule has 0 atom stereocenters. The summed E-state index contributed by atoms with van der Waals surface area (Å²) < 4.78 is 9.59. The molecule has 0 fully saturated rings. The second-order valence-corrected chi connectivity index (χ2v) is 2.34. The summed E-state index contributed by atoms with van der Waals surface area (Å²) >= 11 is 0. The molecule has 13 heavy (non-hydrogen) atoms. The fourth-order valence-corrected chi connectivity index (χ4v) is 0.756. The summed E-state index contributed by atoms with van der Waals surface area (Å²) in [6.07, 6.45) is 2.44. The highest BCUT2D eigenvalue weighted by atomic mass is 16.5. The third kappa shape index (κ3) is 3.55. The van der Waals surface area contributed by atoms with Gasteiger partial charge >= 0.3 is 5.97 Å². The molecule has 0 aromatic carbocycles. The summed E-state index contributed by atoms with van der Waals surface area (Å²) in [5.41, 5.74) is 0. The Morgan fingerprint density at radius 2 is 2.54 bits per heavy atom. The van der Waals surface area contributed by atoms with Crippen LogP contribution < -0.4 is 4.74 Å². The van der Waals surface area contributed by atoms with E-state index in [4.69, 9.17) is 4.74 Å². The lowest BCUT2D eigenvalue weighted by atomic mass is 10.3. The topological polar surface area (TPSA) is 77.1 Å². The number of hydrogen-bond donors (Lipinski definition) is 1. The van der Waals surface area contributed by atoms with Gasteiger partial charge in [-0.1, -0.05) is 0 Å². The zero-order valence-corrected chi connectivity index (χ0v) is 7.32. The van der Waals surface area contributed by atoms with Gasteiger partial charge in [-0.05, 0) is 6.42 Å². The highest BCUT2D eigenvalue weighted by Gasteiger charge is 2.00. The number of carbonyl (C=O) groups excluding carboxylic acids is 1. The molecule has 72 valence electrons. The van der Waals surface area contributed by atoms with Crippen molar-refractivity contribution >= 4 is 5.97 Å². The Labute approximate surface area is 75.2 Å². The minimum Gasteiger partial charge on any atom is -0.475 e. The van der Waals surface area contributed by atoms with E-state index in [0.717, 1.165) is 0 Å². The first-order valence-electron chi connectivity index (χ1n) is 3.88. The van der Waals surface area contributed by atoms with E-state index < -0.39 is 0 Å². The van der Waals surface area contributed by atoms with Crippen molar-refractivity contribution in [1.29, 1.82) is 0 Å². The van der Waals surface area contributed by atoms with Crippen LogP contribution in [0.25, 0.3) is 0 Å². The van der Waals surface area contributed by atoms with Crippen LogP contribution in [0.3, 0.4) is 0 Å². The molecular weight excluding hydrogens is 174 g/mol. The number of aromatic nitrogens is 3. The SMILES string of the molecule is COC(=O)CCCOc1cn[nH]n1. The number of hydrogen-bond acceptors (Lipinski definition) is 5. The summed E-state index contributed by atoms with van der Waals surface area (Å²) in [4.78, 5) is 10.7. The maximum Gasteiger partial charge on any atom is 0.305 e. The molecule has 0 spiro atoms. The van der Waals surface area contributed by atoms with E-state index in [-0.39, 0.29) is 5.97 Å². The van der Waals surface area contributed by atoms with Gasteiger partial charge in [0.15, 0.2) is 0 Å². The second kappa shape index (κ2) is 5.13. The molecule has 0 aliphatic carbocycles. The van der Waals surface area contributed by atoms with Crippen molar-refractivity contribution in [2.24, 2.45) is 0 Å². The van der Waals surface area contributed by atoms with Crippen LogP contribution in [0.15, 0.2) is 6.20 Å². The van der Waals surface area contributed by atoms with Gasteiger partial charge in [-0.2, -0.15) is 10.3 Å². The van der Waals surface area contributed by atoms with Gasteiger partial charge in [-0.15, -0.1) is 5.10 Å². The Kier molecular flexibility index (Phi) is 3.74. The van der Waals surface area contributed by atoms with E-state index in [1.54, 1.807) is 0 Å². The Balaban J connectivity index is 2.05. The average molecular weight is 185 g/mol. The number of rotatable bonds is 5. The molecule has 0 aliphatic heterocycles. The minimum absolute atomic E-state index is 0.233. The molecule has 1 aromatic heterocycles. The standard InChI is InChI=1S/C7H11N3O3/c1-12-7(11)3-2-4-13-6-5-8-10-9-6/h5H,2-4H2,1H3,(H,8,9,10). The number of carbonyl (C=O) groups is 1. The molecular formula is C7H11N3O3. The van der Waals surface area contributed by atoms with Gasteiger partial charge < -0.3 is 9.47 Å². The number of methoxy groups -OCH3 is 1. The lowest BCUT2D eigenvalue weighted by molar-refractivity contribution is -0.140. The van der Waals surface area contributed by atoms with Gasteiger partial charge in [-0.25, -0.2) is 0 Å². The molecule has 0 aliphatic rings. The summed E-state index contributed by atoms with van der Waals surface area (Å²) in [7, 11) is 1.36. The van der Waals surface area contributed by atoms with Gasteiger partial charge in [0.2, 0.25) is 0 Å². The van der Waals surface area contributed by atoms with E-state index in [2.05, 4.69) is 20.1 Å². The Morgan fingerprint density at radius 3 is 3.15 bits per heavy atom. The molecule has 1 aromatic rings. The lowest BCUT2D eigenvalue weighted by Gasteiger charge is -2.00. The monoisotopic (exact) mass is 185 g/mol. The van der Waals surface area contributed by atoms with Gasteiger partial charge in [0.1, 0.15) is 6.20 Å². The average Bonchev–Trinajstić information content (AvgIpc) is 2.64. The molecule has 1 N–H and O–H groups in total. The van der Waals surface area contributed by atoms with Crippen molar-refractivity contribution in [3.63, 3.8) is 0 Å². The van der Waals surface area contributed by atoms with Crippen molar-refractivity contribution in [3.05, 3.63) is 6.20 Å². The van der Waals surface area contributed by atoms with Crippen LogP contribution in [-0.4, -0.2) is 35.1 Å². The fourth-order valence-electron chi connectivity index (χ4n) is 0.756. The maximum absolute atomic E-state index is 10.7. The minimum atomic E-state index is -0.233. The van der Waals surface area contributed by atoms with Crippen molar-refractivity contribution < 1.29 is 14.3 Å². The zero-order valence-electron chi connectivity index (χ0n) is 7.32. The largest absolute Gasteiger partial charge is 0.475 e.